The normalized spacial score (nSPS) is 24.6. The van der Waals surface area contributed by atoms with Crippen molar-refractivity contribution in [1.82, 2.24) is 14.5 Å². The third-order valence-electron chi connectivity index (χ3n) is 11.5. The number of fused-ring (bicyclic) bond motifs is 3. The summed E-state index contributed by atoms with van der Waals surface area (Å²) >= 11 is 6.51. The number of carbonyl (C=O) groups is 1. The average Bonchev–Trinajstić information content (AvgIpc) is 3.28. The van der Waals surface area contributed by atoms with Gasteiger partial charge in [-0.3, -0.25) is 14.6 Å². The second-order valence-electron chi connectivity index (χ2n) is 15.2. The largest absolute Gasteiger partial charge is 0.490 e. The van der Waals surface area contributed by atoms with Gasteiger partial charge in [0.25, 0.3) is 5.91 Å². The first kappa shape index (κ1) is 40.8. The van der Waals surface area contributed by atoms with E-state index in [1.165, 1.54) is 24.0 Å². The highest BCUT2D eigenvalue weighted by atomic mass is 35.5. The Labute approximate surface area is 320 Å². The van der Waals surface area contributed by atoms with Crippen molar-refractivity contribution in [3.8, 4) is 5.75 Å². The number of carbonyl (C=O) groups excluding carboxylic acids is 1. The van der Waals surface area contributed by atoms with Gasteiger partial charge >= 0.3 is 0 Å². The number of nitrogens with zero attached hydrogens (tertiary/aromatic N) is 3. The molecule has 8 nitrogen and oxygen atoms in total. The Morgan fingerprint density at radius 1 is 1.17 bits per heavy atom. The highest BCUT2D eigenvalue weighted by molar-refractivity contribution is 8.13. The molecule has 52 heavy (non-hydrogen) atoms. The fourth-order valence-electron chi connectivity index (χ4n) is 8.42. The number of aliphatic hydroxyl groups excluding tert-OH is 1. The van der Waals surface area contributed by atoms with Gasteiger partial charge < -0.3 is 24.2 Å². The van der Waals surface area contributed by atoms with Crippen molar-refractivity contribution < 1.29 is 19.4 Å². The van der Waals surface area contributed by atoms with Crippen LogP contribution in [-0.4, -0.2) is 111 Å². The van der Waals surface area contributed by atoms with Crippen LogP contribution in [0.25, 0.3) is 0 Å². The SMILES string of the molecule is C=S(NC(=O)c1ccc2c(c1)N(CC1CCC1C(/C=C/CC)N1CCN(CCOC)CC1)C[C@@]1(CCCc3cc(Cl)ccc31)CO2)C(C)C.CCO. The van der Waals surface area contributed by atoms with Crippen molar-refractivity contribution in [2.45, 2.75) is 82.9 Å². The number of hydrogen-bond donors (Lipinski definition) is 2. The van der Waals surface area contributed by atoms with E-state index >= 15 is 0 Å². The summed E-state index contributed by atoms with van der Waals surface area (Å²) in [7, 11) is 1.34. The smallest absolute Gasteiger partial charge is 0.260 e. The van der Waals surface area contributed by atoms with Crippen LogP contribution >= 0.6 is 22.3 Å². The minimum Gasteiger partial charge on any atom is -0.490 e. The maximum atomic E-state index is 13.5. The molecule has 4 unspecified atom stereocenters. The van der Waals surface area contributed by atoms with Crippen LogP contribution in [0.2, 0.25) is 5.02 Å². The molecule has 2 aliphatic heterocycles. The number of anilines is 1. The summed E-state index contributed by atoms with van der Waals surface area (Å²) in [6.45, 7) is 17.0. The van der Waals surface area contributed by atoms with Gasteiger partial charge in [0.05, 0.1) is 18.9 Å². The van der Waals surface area contributed by atoms with E-state index in [4.69, 9.17) is 26.2 Å². The Kier molecular flexibility index (Phi) is 15.1. The molecule has 5 atom stereocenters. The number of amides is 1. The van der Waals surface area contributed by atoms with Gasteiger partial charge in [0.2, 0.25) is 0 Å². The minimum absolute atomic E-state index is 0.0673. The summed E-state index contributed by atoms with van der Waals surface area (Å²) in [6, 6.07) is 12.9. The van der Waals surface area contributed by atoms with Gasteiger partial charge in [0.1, 0.15) is 5.75 Å². The molecule has 2 heterocycles. The molecule has 0 radical (unpaired) electrons. The van der Waals surface area contributed by atoms with Gasteiger partial charge in [-0.05, 0) is 98.7 Å². The number of rotatable bonds is 12. The lowest BCUT2D eigenvalue weighted by Crippen LogP contribution is -2.56. The molecule has 1 spiro atoms. The molecular weight excluding hydrogens is 692 g/mol. The minimum atomic E-state index is -0.449. The molecule has 4 aliphatic rings. The van der Waals surface area contributed by atoms with Crippen molar-refractivity contribution >= 4 is 39.7 Å². The number of halogens is 1. The highest BCUT2D eigenvalue weighted by Crippen LogP contribution is 2.47. The Bertz CT molecular complexity index is 1530. The highest BCUT2D eigenvalue weighted by Gasteiger charge is 2.45. The molecule has 2 aromatic carbocycles. The van der Waals surface area contributed by atoms with Gasteiger partial charge in [0, 0.05) is 86.8 Å². The molecule has 1 amide bonds. The number of ether oxygens (including phenoxy) is 2. The Hall–Kier alpha value is -2.40. The summed E-state index contributed by atoms with van der Waals surface area (Å²) in [5, 5.41) is 8.65. The summed E-state index contributed by atoms with van der Waals surface area (Å²) in [4.78, 5) is 21.3. The van der Waals surface area contributed by atoms with Gasteiger partial charge in [0.15, 0.2) is 0 Å². The average molecular weight is 756 g/mol. The van der Waals surface area contributed by atoms with E-state index in [9.17, 15) is 4.79 Å². The van der Waals surface area contributed by atoms with E-state index < -0.39 is 10.7 Å². The van der Waals surface area contributed by atoms with Crippen LogP contribution in [-0.2, 0) is 16.6 Å². The standard InChI is InChI=1S/C40H57ClN4O3S.C2H6O/c1-6-7-10-36(44-20-18-43(19-21-44)22-23-47-4)34-14-11-32(34)26-45-27-40(17-8-9-30-24-33(41)13-15-35(30)40)28-48-38-16-12-31(25-37(38)45)39(46)42-49(5)29(2)3;1-2-3/h7,10,12-13,15-16,24-25,29,32,34,36H,5-6,8-9,11,14,17-23,26-28H2,1-4H3,(H,42,46);3H,2H2,1H3/b10-7+;/t32?,34?,36?,40-,49?;/m0./s1. The lowest BCUT2D eigenvalue weighted by Gasteiger charge is -2.49. The van der Waals surface area contributed by atoms with E-state index in [1.54, 1.807) is 14.0 Å². The second kappa shape index (κ2) is 19.3. The zero-order valence-corrected chi connectivity index (χ0v) is 33.8. The molecule has 288 valence electrons. The molecule has 1 saturated carbocycles. The quantitative estimate of drug-likeness (QED) is 0.176. The van der Waals surface area contributed by atoms with Crippen LogP contribution in [0.1, 0.15) is 81.3 Å². The van der Waals surface area contributed by atoms with Crippen LogP contribution < -0.4 is 14.4 Å². The first-order chi connectivity index (χ1) is 25.1. The molecule has 2 fully saturated rings. The molecule has 2 aromatic rings. The molecule has 1 saturated heterocycles. The van der Waals surface area contributed by atoms with Crippen LogP contribution in [0.3, 0.4) is 0 Å². The van der Waals surface area contributed by atoms with Crippen molar-refractivity contribution in [2.24, 2.45) is 11.8 Å². The van der Waals surface area contributed by atoms with Crippen LogP contribution in [0, 0.1) is 11.8 Å². The monoisotopic (exact) mass is 754 g/mol. The first-order valence-electron chi connectivity index (χ1n) is 19.5. The van der Waals surface area contributed by atoms with E-state index in [2.05, 4.69) is 76.4 Å². The molecule has 2 N–H and O–H groups in total. The lowest BCUT2D eigenvalue weighted by molar-refractivity contribution is 0.0306. The molecular formula is C42H63ClN4O4S. The summed E-state index contributed by atoms with van der Waals surface area (Å²) in [6.07, 6.45) is 11.7. The first-order valence-corrected chi connectivity index (χ1v) is 21.3. The van der Waals surface area contributed by atoms with Crippen LogP contribution in [0.15, 0.2) is 48.6 Å². The van der Waals surface area contributed by atoms with Crippen molar-refractivity contribution in [3.05, 3.63) is 70.3 Å². The number of aryl methyl sites for hydroxylation is 1. The van der Waals surface area contributed by atoms with E-state index in [-0.39, 0.29) is 23.2 Å². The predicted molar refractivity (Wildman–Crippen MR) is 220 cm³/mol. The van der Waals surface area contributed by atoms with Crippen molar-refractivity contribution in [3.63, 3.8) is 0 Å². The van der Waals surface area contributed by atoms with E-state index in [0.717, 1.165) is 94.6 Å². The van der Waals surface area contributed by atoms with Gasteiger partial charge in [-0.25, -0.2) is 0 Å². The van der Waals surface area contributed by atoms with Gasteiger partial charge in [-0.1, -0.05) is 67.1 Å². The van der Waals surface area contributed by atoms with Crippen molar-refractivity contribution in [1.29, 1.82) is 0 Å². The van der Waals surface area contributed by atoms with Crippen LogP contribution in [0.5, 0.6) is 5.75 Å². The molecule has 6 rings (SSSR count). The van der Waals surface area contributed by atoms with Gasteiger partial charge in [-0.15, -0.1) is 0 Å². The fourth-order valence-corrected chi connectivity index (χ4v) is 9.21. The van der Waals surface area contributed by atoms with E-state index in [1.807, 2.05) is 18.2 Å². The number of methoxy groups -OCH3 is 1. The summed E-state index contributed by atoms with van der Waals surface area (Å²) in [5.41, 5.74) is 4.28. The summed E-state index contributed by atoms with van der Waals surface area (Å²) < 4.78 is 15.3. The number of aliphatic hydroxyl groups is 1. The topological polar surface area (TPSA) is 77.5 Å². The number of hydrogen-bond acceptors (Lipinski definition) is 7. The predicted octanol–water partition coefficient (Wildman–Crippen LogP) is 7.19. The number of allylic oxidation sites excluding steroid dienone is 1. The zero-order valence-electron chi connectivity index (χ0n) is 32.2. The Morgan fingerprint density at radius 3 is 2.62 bits per heavy atom. The second-order valence-corrected chi connectivity index (χ2v) is 17.7. The maximum absolute atomic E-state index is 13.5. The maximum Gasteiger partial charge on any atom is 0.260 e. The molecule has 2 aliphatic carbocycles. The summed E-state index contributed by atoms with van der Waals surface area (Å²) in [5.74, 6) is 6.15. The third-order valence-corrected chi connectivity index (χ3v) is 13.3. The number of benzene rings is 2. The Morgan fingerprint density at radius 2 is 1.94 bits per heavy atom. The Balaban J connectivity index is 0.00000168. The third kappa shape index (κ3) is 9.82. The van der Waals surface area contributed by atoms with E-state index in [0.29, 0.717) is 30.0 Å². The molecule has 10 heteroatoms. The number of piperazine rings is 1. The lowest BCUT2D eigenvalue weighted by atomic mass is 9.67. The fraction of sp³-hybridized carbons (Fsp3) is 0.619. The van der Waals surface area contributed by atoms with Crippen molar-refractivity contribution in [2.75, 3.05) is 77.6 Å². The van der Waals surface area contributed by atoms with Gasteiger partial charge in [-0.2, -0.15) is 0 Å². The van der Waals surface area contributed by atoms with Crippen LogP contribution in [0.4, 0.5) is 5.69 Å². The molecule has 0 bridgehead atoms. The number of nitrogens with one attached hydrogen (secondary N) is 1. The molecule has 0 aromatic heterocycles. The zero-order chi connectivity index (χ0) is 37.3.